The summed E-state index contributed by atoms with van der Waals surface area (Å²) in [6, 6.07) is 14.3. The van der Waals surface area contributed by atoms with Gasteiger partial charge in [-0.25, -0.2) is 5.43 Å². The number of hydrogen-bond acceptors (Lipinski definition) is 3. The Morgan fingerprint density at radius 1 is 1.30 bits per heavy atom. The van der Waals surface area contributed by atoms with Crippen molar-refractivity contribution in [3.8, 4) is 5.75 Å². The van der Waals surface area contributed by atoms with Gasteiger partial charge in [-0.05, 0) is 43.7 Å². The van der Waals surface area contributed by atoms with Gasteiger partial charge in [0.05, 0.1) is 12.3 Å². The minimum Gasteiger partial charge on any atom is -0.490 e. The lowest BCUT2D eigenvalue weighted by molar-refractivity contribution is 0.0955. The second kappa shape index (κ2) is 8.34. The van der Waals surface area contributed by atoms with Crippen molar-refractivity contribution in [3.63, 3.8) is 0 Å². The maximum absolute atomic E-state index is 12.0. The summed E-state index contributed by atoms with van der Waals surface area (Å²) in [6.07, 6.45) is 2.60. The standard InChI is InChI=1S/C18H19ClN2O2/c1-3-13(2)23-17-10-5-4-7-15(17)12-20-21-18(22)14-8-6-9-16(19)11-14/h4-13H,3H2,1-2H3,(H,21,22)/b20-12-/t13-/m1/s1. The van der Waals surface area contributed by atoms with Crippen molar-refractivity contribution in [2.45, 2.75) is 26.4 Å². The lowest BCUT2D eigenvalue weighted by Gasteiger charge is -2.14. The minimum atomic E-state index is -0.316. The fraction of sp³-hybridized carbons (Fsp3) is 0.222. The van der Waals surface area contributed by atoms with Crippen LogP contribution in [0.1, 0.15) is 36.2 Å². The van der Waals surface area contributed by atoms with Crippen LogP contribution in [0.25, 0.3) is 0 Å². The molecule has 0 bridgehead atoms. The Kier molecular flexibility index (Phi) is 6.18. The Labute approximate surface area is 141 Å². The molecule has 0 saturated heterocycles. The molecule has 0 spiro atoms. The summed E-state index contributed by atoms with van der Waals surface area (Å²) in [6.45, 7) is 4.07. The molecule has 2 aromatic carbocycles. The topological polar surface area (TPSA) is 50.7 Å². The number of rotatable bonds is 6. The highest BCUT2D eigenvalue weighted by atomic mass is 35.5. The van der Waals surface area contributed by atoms with Crippen LogP contribution in [0.5, 0.6) is 5.75 Å². The summed E-state index contributed by atoms with van der Waals surface area (Å²) in [5, 5.41) is 4.50. The number of nitrogens with one attached hydrogen (secondary N) is 1. The van der Waals surface area contributed by atoms with Crippen molar-refractivity contribution in [1.82, 2.24) is 5.43 Å². The van der Waals surface area contributed by atoms with Crippen molar-refractivity contribution in [2.75, 3.05) is 0 Å². The molecule has 1 atom stereocenters. The molecule has 0 aliphatic rings. The SMILES string of the molecule is CC[C@@H](C)Oc1ccccc1/C=N\NC(=O)c1cccc(Cl)c1. The number of nitrogens with zero attached hydrogens (tertiary/aromatic N) is 1. The van der Waals surface area contributed by atoms with E-state index < -0.39 is 0 Å². The van der Waals surface area contributed by atoms with E-state index in [1.54, 1.807) is 30.5 Å². The number of ether oxygens (including phenoxy) is 1. The predicted molar refractivity (Wildman–Crippen MR) is 93.3 cm³/mol. The van der Waals surface area contributed by atoms with Crippen molar-refractivity contribution in [2.24, 2.45) is 5.10 Å². The summed E-state index contributed by atoms with van der Waals surface area (Å²) in [5.41, 5.74) is 3.75. The van der Waals surface area contributed by atoms with Crippen LogP contribution in [0, 0.1) is 0 Å². The average Bonchev–Trinajstić information content (AvgIpc) is 2.56. The number of carbonyl (C=O) groups excluding carboxylic acids is 1. The number of hydrazone groups is 1. The highest BCUT2D eigenvalue weighted by molar-refractivity contribution is 6.30. The Hall–Kier alpha value is -2.33. The van der Waals surface area contributed by atoms with Gasteiger partial charge in [-0.1, -0.05) is 36.7 Å². The Balaban J connectivity index is 2.04. The summed E-state index contributed by atoms with van der Waals surface area (Å²) in [5.74, 6) is 0.423. The van der Waals surface area contributed by atoms with Gasteiger partial charge in [0, 0.05) is 16.1 Å². The molecule has 4 nitrogen and oxygen atoms in total. The van der Waals surface area contributed by atoms with Crippen LogP contribution in [0.4, 0.5) is 0 Å². The highest BCUT2D eigenvalue weighted by Gasteiger charge is 2.06. The molecule has 0 unspecified atom stereocenters. The fourth-order valence-electron chi connectivity index (χ4n) is 1.85. The Bertz CT molecular complexity index is 701. The largest absolute Gasteiger partial charge is 0.490 e. The molecule has 1 N–H and O–H groups in total. The number of benzene rings is 2. The van der Waals surface area contributed by atoms with E-state index in [2.05, 4.69) is 17.5 Å². The maximum Gasteiger partial charge on any atom is 0.271 e. The quantitative estimate of drug-likeness (QED) is 0.634. The van der Waals surface area contributed by atoms with E-state index in [1.807, 2.05) is 31.2 Å². The Morgan fingerprint density at radius 2 is 2.09 bits per heavy atom. The van der Waals surface area contributed by atoms with Crippen LogP contribution in [-0.4, -0.2) is 18.2 Å². The van der Waals surface area contributed by atoms with Gasteiger partial charge in [-0.2, -0.15) is 5.10 Å². The lowest BCUT2D eigenvalue weighted by Crippen LogP contribution is -2.17. The van der Waals surface area contributed by atoms with Gasteiger partial charge in [0.2, 0.25) is 0 Å². The first-order valence-electron chi connectivity index (χ1n) is 7.44. The summed E-state index contributed by atoms with van der Waals surface area (Å²) in [4.78, 5) is 12.0. The first kappa shape index (κ1) is 17.0. The van der Waals surface area contributed by atoms with E-state index in [0.717, 1.165) is 17.7 Å². The summed E-state index contributed by atoms with van der Waals surface area (Å²) < 4.78 is 5.83. The molecule has 120 valence electrons. The molecule has 0 heterocycles. The zero-order valence-corrected chi connectivity index (χ0v) is 13.9. The van der Waals surface area contributed by atoms with Crippen LogP contribution in [0.3, 0.4) is 0 Å². The molecule has 5 heteroatoms. The average molecular weight is 331 g/mol. The maximum atomic E-state index is 12.0. The van der Waals surface area contributed by atoms with Crippen molar-refractivity contribution in [3.05, 3.63) is 64.7 Å². The molecule has 2 rings (SSSR count). The molecular weight excluding hydrogens is 312 g/mol. The number of amides is 1. The van der Waals surface area contributed by atoms with Gasteiger partial charge >= 0.3 is 0 Å². The van der Waals surface area contributed by atoms with Gasteiger partial charge in [-0.15, -0.1) is 0 Å². The van der Waals surface area contributed by atoms with E-state index in [4.69, 9.17) is 16.3 Å². The van der Waals surface area contributed by atoms with Crippen LogP contribution < -0.4 is 10.2 Å². The van der Waals surface area contributed by atoms with Crippen molar-refractivity contribution in [1.29, 1.82) is 0 Å². The summed E-state index contributed by atoms with van der Waals surface area (Å²) >= 11 is 5.87. The van der Waals surface area contributed by atoms with E-state index >= 15 is 0 Å². The van der Waals surface area contributed by atoms with Gasteiger partial charge in [0.1, 0.15) is 5.75 Å². The van der Waals surface area contributed by atoms with E-state index in [1.165, 1.54) is 0 Å². The second-order valence-electron chi connectivity index (χ2n) is 5.08. The number of carbonyl (C=O) groups is 1. The van der Waals surface area contributed by atoms with Gasteiger partial charge in [-0.3, -0.25) is 4.79 Å². The number of para-hydroxylation sites is 1. The van der Waals surface area contributed by atoms with Crippen molar-refractivity contribution < 1.29 is 9.53 Å². The molecule has 0 fully saturated rings. The zero-order chi connectivity index (χ0) is 16.7. The molecular formula is C18H19ClN2O2. The highest BCUT2D eigenvalue weighted by Crippen LogP contribution is 2.18. The second-order valence-corrected chi connectivity index (χ2v) is 5.52. The molecule has 23 heavy (non-hydrogen) atoms. The monoisotopic (exact) mass is 330 g/mol. The molecule has 2 aromatic rings. The first-order chi connectivity index (χ1) is 11.1. The fourth-order valence-corrected chi connectivity index (χ4v) is 2.04. The molecule has 0 aromatic heterocycles. The molecule has 0 aliphatic carbocycles. The van der Waals surface area contributed by atoms with Crippen LogP contribution in [0.15, 0.2) is 53.6 Å². The Morgan fingerprint density at radius 3 is 2.83 bits per heavy atom. The molecule has 1 amide bonds. The van der Waals surface area contributed by atoms with Gasteiger partial charge in [0.25, 0.3) is 5.91 Å². The third kappa shape index (κ3) is 5.11. The van der Waals surface area contributed by atoms with Crippen LogP contribution in [-0.2, 0) is 0 Å². The van der Waals surface area contributed by atoms with Crippen molar-refractivity contribution >= 4 is 23.7 Å². The van der Waals surface area contributed by atoms with Gasteiger partial charge < -0.3 is 4.74 Å². The van der Waals surface area contributed by atoms with E-state index in [0.29, 0.717) is 10.6 Å². The molecule has 0 radical (unpaired) electrons. The van der Waals surface area contributed by atoms with Crippen LogP contribution in [0.2, 0.25) is 5.02 Å². The van der Waals surface area contributed by atoms with Crippen LogP contribution >= 0.6 is 11.6 Å². The lowest BCUT2D eigenvalue weighted by atomic mass is 10.2. The smallest absolute Gasteiger partial charge is 0.271 e. The van der Waals surface area contributed by atoms with E-state index in [9.17, 15) is 4.79 Å². The predicted octanol–water partition coefficient (Wildman–Crippen LogP) is 4.28. The molecule has 0 aliphatic heterocycles. The minimum absolute atomic E-state index is 0.116. The third-order valence-corrected chi connectivity index (χ3v) is 3.51. The number of hydrogen-bond donors (Lipinski definition) is 1. The first-order valence-corrected chi connectivity index (χ1v) is 7.82. The third-order valence-electron chi connectivity index (χ3n) is 3.28. The molecule has 0 saturated carbocycles. The summed E-state index contributed by atoms with van der Waals surface area (Å²) in [7, 11) is 0. The van der Waals surface area contributed by atoms with Gasteiger partial charge in [0.15, 0.2) is 0 Å². The number of halogens is 1. The zero-order valence-electron chi connectivity index (χ0n) is 13.1. The normalized spacial score (nSPS) is 12.1. The van der Waals surface area contributed by atoms with E-state index in [-0.39, 0.29) is 12.0 Å².